The minimum atomic E-state index is -1.88. The first-order valence-corrected chi connectivity index (χ1v) is 12.1. The van der Waals surface area contributed by atoms with Crippen LogP contribution in [-0.2, 0) is 25.2 Å². The van der Waals surface area contributed by atoms with Crippen LogP contribution in [0.5, 0.6) is 0 Å². The van der Waals surface area contributed by atoms with Gasteiger partial charge in [0.15, 0.2) is 11.6 Å². The lowest BCUT2D eigenvalue weighted by Gasteiger charge is -2.28. The highest BCUT2D eigenvalue weighted by atomic mass is 16.5. The van der Waals surface area contributed by atoms with E-state index in [1.807, 2.05) is 24.3 Å². The van der Waals surface area contributed by atoms with Crippen LogP contribution >= 0.6 is 0 Å². The number of carbonyl (C=O) groups is 4. The molecule has 0 aliphatic heterocycles. The third-order valence-corrected chi connectivity index (χ3v) is 6.41. The Hall–Kier alpha value is -3.08. The van der Waals surface area contributed by atoms with E-state index in [9.17, 15) is 19.2 Å². The Morgan fingerprint density at radius 3 is 1.26 bits per heavy atom. The van der Waals surface area contributed by atoms with Gasteiger partial charge in [-0.3, -0.25) is 19.2 Å². The number of benzene rings is 2. The fourth-order valence-electron chi connectivity index (χ4n) is 3.93. The summed E-state index contributed by atoms with van der Waals surface area (Å²) in [5.41, 5.74) is 0.854. The number of carbonyl (C=O) groups excluding carboxylic acids is 4. The second-order valence-corrected chi connectivity index (χ2v) is 11.2. The van der Waals surface area contributed by atoms with Crippen molar-refractivity contribution >= 4 is 23.3 Å². The molecule has 0 amide bonds. The molecule has 0 radical (unpaired) electrons. The van der Waals surface area contributed by atoms with E-state index in [1.54, 1.807) is 31.2 Å². The lowest BCUT2D eigenvalue weighted by molar-refractivity contribution is -0.159. The Kier molecular flexibility index (Phi) is 8.59. The summed E-state index contributed by atoms with van der Waals surface area (Å²) in [6, 6.07) is 14.3. The third kappa shape index (κ3) is 6.74. The molecule has 0 aromatic heterocycles. The van der Waals surface area contributed by atoms with E-state index >= 15 is 0 Å². The molecule has 0 aliphatic rings. The van der Waals surface area contributed by atoms with E-state index in [4.69, 9.17) is 4.74 Å². The molecule has 5 heteroatoms. The first kappa shape index (κ1) is 28.2. The van der Waals surface area contributed by atoms with Crippen molar-refractivity contribution in [2.45, 2.75) is 79.1 Å². The smallest absolute Gasteiger partial charge is 0.320 e. The summed E-state index contributed by atoms with van der Waals surface area (Å²) >= 11 is 0. The quantitative estimate of drug-likeness (QED) is 0.241. The van der Waals surface area contributed by atoms with Crippen LogP contribution in [0.3, 0.4) is 0 Å². The molecule has 35 heavy (non-hydrogen) atoms. The molecule has 0 spiro atoms. The minimum Gasteiger partial charge on any atom is -0.465 e. The summed E-state index contributed by atoms with van der Waals surface area (Å²) in [6.45, 7) is 15.4. The molecule has 0 unspecified atom stereocenters. The average Bonchev–Trinajstić information content (AvgIpc) is 2.77. The lowest BCUT2D eigenvalue weighted by Crippen LogP contribution is -2.43. The second kappa shape index (κ2) is 10.7. The molecule has 0 N–H and O–H groups in total. The maximum atomic E-state index is 13.2. The summed E-state index contributed by atoms with van der Waals surface area (Å²) in [6.07, 6.45) is -0.857. The van der Waals surface area contributed by atoms with Gasteiger partial charge in [-0.2, -0.15) is 0 Å². The Morgan fingerprint density at radius 1 is 0.657 bits per heavy atom. The minimum absolute atomic E-state index is 0.0385. The maximum absolute atomic E-state index is 13.2. The Labute approximate surface area is 209 Å². The zero-order valence-corrected chi connectivity index (χ0v) is 22.3. The van der Waals surface area contributed by atoms with E-state index in [-0.39, 0.29) is 29.0 Å². The molecule has 0 heterocycles. The van der Waals surface area contributed by atoms with Gasteiger partial charge in [0.25, 0.3) is 0 Å². The van der Waals surface area contributed by atoms with Crippen molar-refractivity contribution in [2.24, 2.45) is 5.41 Å². The Balaban J connectivity index is 2.40. The molecule has 188 valence electrons. The zero-order chi connectivity index (χ0) is 26.6. The van der Waals surface area contributed by atoms with Crippen LogP contribution in [0.4, 0.5) is 0 Å². The molecule has 0 fully saturated rings. The SMILES string of the molecule is CCOC(=O)C(CC(=O)c1ccc(C(C)(C)C)cc1)(CC(=O)c1ccc(C(C)(C)C)cc1)C(C)=O. The van der Waals surface area contributed by atoms with Crippen molar-refractivity contribution in [3.63, 3.8) is 0 Å². The van der Waals surface area contributed by atoms with Gasteiger partial charge >= 0.3 is 5.97 Å². The van der Waals surface area contributed by atoms with Crippen LogP contribution in [0.1, 0.15) is 100 Å². The zero-order valence-electron chi connectivity index (χ0n) is 22.3. The van der Waals surface area contributed by atoms with Crippen LogP contribution < -0.4 is 0 Å². The summed E-state index contributed by atoms with van der Waals surface area (Å²) < 4.78 is 5.21. The second-order valence-electron chi connectivity index (χ2n) is 11.2. The Morgan fingerprint density at radius 2 is 1.00 bits per heavy atom. The maximum Gasteiger partial charge on any atom is 0.320 e. The Bertz CT molecular complexity index is 1010. The van der Waals surface area contributed by atoms with Crippen molar-refractivity contribution in [2.75, 3.05) is 6.61 Å². The monoisotopic (exact) mass is 478 g/mol. The van der Waals surface area contributed by atoms with Gasteiger partial charge in [-0.15, -0.1) is 0 Å². The molecule has 0 saturated carbocycles. The molecule has 0 saturated heterocycles. The fourth-order valence-corrected chi connectivity index (χ4v) is 3.93. The summed E-state index contributed by atoms with van der Waals surface area (Å²) in [5.74, 6) is -2.17. The van der Waals surface area contributed by atoms with Gasteiger partial charge in [0.05, 0.1) is 6.61 Å². The molecule has 0 atom stereocenters. The predicted octanol–water partition coefficient (Wildman–Crippen LogP) is 6.27. The van der Waals surface area contributed by atoms with Crippen LogP contribution in [0.25, 0.3) is 0 Å². The summed E-state index contributed by atoms with van der Waals surface area (Å²) in [4.78, 5) is 52.4. The van der Waals surface area contributed by atoms with Gasteiger partial charge in [0, 0.05) is 24.0 Å². The van der Waals surface area contributed by atoms with Crippen molar-refractivity contribution in [3.05, 3.63) is 70.8 Å². The highest BCUT2D eigenvalue weighted by molar-refractivity contribution is 6.13. The molecule has 5 nitrogen and oxygen atoms in total. The summed E-state index contributed by atoms with van der Waals surface area (Å²) in [7, 11) is 0. The number of rotatable bonds is 9. The largest absolute Gasteiger partial charge is 0.465 e. The normalized spacial score (nSPS) is 12.2. The molecule has 2 rings (SSSR count). The number of ether oxygens (including phenoxy) is 1. The molecule has 0 bridgehead atoms. The fraction of sp³-hybridized carbons (Fsp3) is 0.467. The van der Waals surface area contributed by atoms with E-state index < -0.39 is 30.0 Å². The van der Waals surface area contributed by atoms with Crippen molar-refractivity contribution in [3.8, 4) is 0 Å². The van der Waals surface area contributed by atoms with E-state index in [1.165, 1.54) is 6.92 Å². The first-order chi connectivity index (χ1) is 16.1. The predicted molar refractivity (Wildman–Crippen MR) is 138 cm³/mol. The van der Waals surface area contributed by atoms with Crippen LogP contribution in [-0.4, -0.2) is 29.9 Å². The summed E-state index contributed by atoms with van der Waals surface area (Å²) in [5, 5.41) is 0. The number of ketones is 3. The van der Waals surface area contributed by atoms with Crippen LogP contribution in [0.2, 0.25) is 0 Å². The van der Waals surface area contributed by atoms with Crippen LogP contribution in [0, 0.1) is 5.41 Å². The van der Waals surface area contributed by atoms with Crippen molar-refractivity contribution in [1.82, 2.24) is 0 Å². The molecule has 0 aliphatic carbocycles. The highest BCUT2D eigenvalue weighted by Crippen LogP contribution is 2.34. The van der Waals surface area contributed by atoms with Crippen LogP contribution in [0.15, 0.2) is 48.5 Å². The van der Waals surface area contributed by atoms with Gasteiger partial charge in [-0.25, -0.2) is 0 Å². The van der Waals surface area contributed by atoms with Gasteiger partial charge in [-0.05, 0) is 35.8 Å². The lowest BCUT2D eigenvalue weighted by atomic mass is 9.73. The standard InChI is InChI=1S/C30H38O5/c1-9-35-27(34)30(20(2)31,18-25(32)21-10-14-23(15-11-21)28(3,4)5)19-26(33)22-12-16-24(17-13-22)29(6,7)8/h10-17H,9,18-19H2,1-8H3. The van der Waals surface area contributed by atoms with E-state index in [2.05, 4.69) is 41.5 Å². The number of Topliss-reactive ketones (excluding diaryl/α,β-unsaturated/α-hetero) is 3. The number of hydrogen-bond acceptors (Lipinski definition) is 5. The van der Waals surface area contributed by atoms with Crippen molar-refractivity contribution < 1.29 is 23.9 Å². The van der Waals surface area contributed by atoms with Gasteiger partial charge in [0.2, 0.25) is 0 Å². The number of hydrogen-bond donors (Lipinski definition) is 0. The average molecular weight is 479 g/mol. The molecule has 2 aromatic carbocycles. The van der Waals surface area contributed by atoms with Crippen molar-refractivity contribution in [1.29, 1.82) is 0 Å². The number of esters is 1. The van der Waals surface area contributed by atoms with Gasteiger partial charge in [0.1, 0.15) is 11.2 Å². The molecular formula is C30H38O5. The van der Waals surface area contributed by atoms with Gasteiger partial charge in [-0.1, -0.05) is 90.1 Å². The molecular weight excluding hydrogens is 440 g/mol. The highest BCUT2D eigenvalue weighted by Gasteiger charge is 2.48. The molecule has 2 aromatic rings. The van der Waals surface area contributed by atoms with Gasteiger partial charge < -0.3 is 4.74 Å². The topological polar surface area (TPSA) is 77.5 Å². The van der Waals surface area contributed by atoms with E-state index in [0.717, 1.165) is 11.1 Å². The third-order valence-electron chi connectivity index (χ3n) is 6.41. The van der Waals surface area contributed by atoms with E-state index in [0.29, 0.717) is 11.1 Å². The first-order valence-electron chi connectivity index (χ1n) is 12.1.